The highest BCUT2D eigenvalue weighted by Gasteiger charge is 2.31. The number of oxazole rings is 1. The molecule has 0 N–H and O–H groups in total. The Morgan fingerprint density at radius 3 is 2.56 bits per heavy atom. The van der Waals surface area contributed by atoms with Crippen LogP contribution in [0.25, 0.3) is 11.1 Å². The molecule has 32 heavy (non-hydrogen) atoms. The number of hydrogen-bond acceptors (Lipinski definition) is 8. The highest BCUT2D eigenvalue weighted by molar-refractivity contribution is 5.92. The predicted octanol–water partition coefficient (Wildman–Crippen LogP) is 3.04. The predicted molar refractivity (Wildman–Crippen MR) is 119 cm³/mol. The number of carbonyl (C=O) groups excluding carboxylic acids is 1. The number of carbonyl (C=O) groups is 1. The van der Waals surface area contributed by atoms with Crippen LogP contribution in [0.1, 0.15) is 33.9 Å². The minimum absolute atomic E-state index is 0.190. The van der Waals surface area contributed by atoms with Crippen LogP contribution >= 0.6 is 0 Å². The molecule has 2 aromatic heterocycles. The highest BCUT2D eigenvalue weighted by atomic mass is 16.5. The van der Waals surface area contributed by atoms with E-state index in [1.807, 2.05) is 43.3 Å². The lowest BCUT2D eigenvalue weighted by Gasteiger charge is -2.33. The SMILES string of the molecule is COc1ccc(-c2cnc(N(C)C)nc2C2CN(C(=O)c3oc(C)nc3C)CCO2)cc1. The largest absolute Gasteiger partial charge is 0.497 e. The van der Waals surface area contributed by atoms with Crippen molar-refractivity contribution in [2.45, 2.75) is 20.0 Å². The molecule has 1 unspecified atom stereocenters. The fourth-order valence-corrected chi connectivity index (χ4v) is 3.71. The smallest absolute Gasteiger partial charge is 0.291 e. The first-order valence-corrected chi connectivity index (χ1v) is 10.4. The van der Waals surface area contributed by atoms with Crippen LogP contribution in [-0.4, -0.2) is 66.7 Å². The lowest BCUT2D eigenvalue weighted by molar-refractivity contribution is -0.0254. The quantitative estimate of drug-likeness (QED) is 0.601. The van der Waals surface area contributed by atoms with E-state index in [-0.39, 0.29) is 11.7 Å². The third-order valence-corrected chi connectivity index (χ3v) is 5.36. The second-order valence-electron chi connectivity index (χ2n) is 7.85. The Kier molecular flexibility index (Phi) is 6.09. The number of ether oxygens (including phenoxy) is 2. The average molecular weight is 438 g/mol. The number of anilines is 1. The molecule has 1 fully saturated rings. The van der Waals surface area contributed by atoms with Gasteiger partial charge in [-0.2, -0.15) is 0 Å². The number of aryl methyl sites for hydroxylation is 2. The van der Waals surface area contributed by atoms with Crippen LogP contribution in [0.3, 0.4) is 0 Å². The first kappa shape index (κ1) is 21.8. The summed E-state index contributed by atoms with van der Waals surface area (Å²) < 4.78 is 16.9. The summed E-state index contributed by atoms with van der Waals surface area (Å²) in [5, 5.41) is 0. The van der Waals surface area contributed by atoms with Gasteiger partial charge in [-0.15, -0.1) is 0 Å². The van der Waals surface area contributed by atoms with Crippen molar-refractivity contribution in [3.8, 4) is 16.9 Å². The number of methoxy groups -OCH3 is 1. The van der Waals surface area contributed by atoms with Crippen LogP contribution in [0.2, 0.25) is 0 Å². The molecule has 9 nitrogen and oxygen atoms in total. The first-order valence-electron chi connectivity index (χ1n) is 10.4. The lowest BCUT2D eigenvalue weighted by Crippen LogP contribution is -2.42. The van der Waals surface area contributed by atoms with E-state index in [1.165, 1.54) is 0 Å². The molecule has 1 saturated heterocycles. The molecule has 4 rings (SSSR count). The maximum atomic E-state index is 13.1. The van der Waals surface area contributed by atoms with Crippen molar-refractivity contribution in [2.24, 2.45) is 0 Å². The van der Waals surface area contributed by atoms with E-state index in [1.54, 1.807) is 32.1 Å². The second-order valence-corrected chi connectivity index (χ2v) is 7.85. The summed E-state index contributed by atoms with van der Waals surface area (Å²) in [5.41, 5.74) is 3.12. The van der Waals surface area contributed by atoms with Crippen molar-refractivity contribution in [3.63, 3.8) is 0 Å². The molecule has 0 spiro atoms. The number of hydrogen-bond donors (Lipinski definition) is 0. The van der Waals surface area contributed by atoms with E-state index >= 15 is 0 Å². The van der Waals surface area contributed by atoms with Crippen LogP contribution in [-0.2, 0) is 4.74 Å². The maximum absolute atomic E-state index is 13.1. The van der Waals surface area contributed by atoms with Gasteiger partial charge in [0.05, 0.1) is 31.6 Å². The van der Waals surface area contributed by atoms with Crippen molar-refractivity contribution in [1.29, 1.82) is 0 Å². The van der Waals surface area contributed by atoms with Crippen LogP contribution in [0.4, 0.5) is 5.95 Å². The highest BCUT2D eigenvalue weighted by Crippen LogP contribution is 2.33. The zero-order chi connectivity index (χ0) is 22.8. The number of rotatable bonds is 5. The van der Waals surface area contributed by atoms with Gasteiger partial charge in [-0.1, -0.05) is 12.1 Å². The third kappa shape index (κ3) is 4.29. The standard InChI is InChI=1S/C23H27N5O4/c1-14-21(32-15(2)25-14)22(29)28-10-11-31-19(13-28)20-18(12-24-23(26-20)27(3)4)16-6-8-17(30-5)9-7-16/h6-9,12,19H,10-11,13H2,1-5H3. The van der Waals surface area contributed by atoms with Gasteiger partial charge in [-0.05, 0) is 24.6 Å². The van der Waals surface area contributed by atoms with E-state index in [0.717, 1.165) is 22.6 Å². The van der Waals surface area contributed by atoms with Gasteiger partial charge in [0.2, 0.25) is 11.7 Å². The van der Waals surface area contributed by atoms with Gasteiger partial charge in [0, 0.05) is 39.3 Å². The molecule has 1 aromatic carbocycles. The molecule has 1 aliphatic rings. The molecular formula is C23H27N5O4. The van der Waals surface area contributed by atoms with E-state index in [0.29, 0.717) is 37.2 Å². The van der Waals surface area contributed by atoms with E-state index in [9.17, 15) is 4.79 Å². The van der Waals surface area contributed by atoms with Crippen molar-refractivity contribution < 1.29 is 18.7 Å². The van der Waals surface area contributed by atoms with Gasteiger partial charge in [0.15, 0.2) is 5.89 Å². The number of morpholine rings is 1. The van der Waals surface area contributed by atoms with Gasteiger partial charge < -0.3 is 23.7 Å². The maximum Gasteiger partial charge on any atom is 0.291 e. The zero-order valence-electron chi connectivity index (χ0n) is 19.0. The van der Waals surface area contributed by atoms with Crippen LogP contribution in [0, 0.1) is 13.8 Å². The van der Waals surface area contributed by atoms with Crippen molar-refractivity contribution in [1.82, 2.24) is 19.9 Å². The van der Waals surface area contributed by atoms with Gasteiger partial charge in [0.1, 0.15) is 11.9 Å². The molecule has 0 radical (unpaired) electrons. The summed E-state index contributed by atoms with van der Waals surface area (Å²) in [4.78, 5) is 30.2. The minimum Gasteiger partial charge on any atom is -0.497 e. The van der Waals surface area contributed by atoms with E-state index in [4.69, 9.17) is 18.9 Å². The number of benzene rings is 1. The van der Waals surface area contributed by atoms with Crippen LogP contribution < -0.4 is 9.64 Å². The normalized spacial score (nSPS) is 16.2. The van der Waals surface area contributed by atoms with Gasteiger partial charge in [-0.25, -0.2) is 15.0 Å². The minimum atomic E-state index is -0.407. The van der Waals surface area contributed by atoms with Gasteiger partial charge in [-0.3, -0.25) is 4.79 Å². The Morgan fingerprint density at radius 2 is 1.94 bits per heavy atom. The van der Waals surface area contributed by atoms with E-state index in [2.05, 4.69) is 9.97 Å². The Balaban J connectivity index is 1.68. The first-order chi connectivity index (χ1) is 15.4. The summed E-state index contributed by atoms with van der Waals surface area (Å²) in [6.45, 7) is 4.73. The molecule has 3 heterocycles. The summed E-state index contributed by atoms with van der Waals surface area (Å²) in [6, 6.07) is 7.71. The van der Waals surface area contributed by atoms with Crippen molar-refractivity contribution >= 4 is 11.9 Å². The summed E-state index contributed by atoms with van der Waals surface area (Å²) in [5.74, 6) is 1.90. The topological polar surface area (TPSA) is 93.8 Å². The molecule has 9 heteroatoms. The molecule has 0 bridgehead atoms. The second kappa shape index (κ2) is 8.96. The number of amides is 1. The Labute approximate surface area is 187 Å². The molecule has 1 amide bonds. The van der Waals surface area contributed by atoms with E-state index < -0.39 is 6.10 Å². The van der Waals surface area contributed by atoms with Crippen molar-refractivity contribution in [2.75, 3.05) is 45.8 Å². The summed E-state index contributed by atoms with van der Waals surface area (Å²) >= 11 is 0. The number of aromatic nitrogens is 3. The summed E-state index contributed by atoms with van der Waals surface area (Å²) in [7, 11) is 5.41. The average Bonchev–Trinajstić information content (AvgIpc) is 3.16. The molecule has 0 saturated carbocycles. The Morgan fingerprint density at radius 1 is 1.19 bits per heavy atom. The fraction of sp³-hybridized carbons (Fsp3) is 0.391. The fourth-order valence-electron chi connectivity index (χ4n) is 3.71. The molecule has 1 aliphatic heterocycles. The van der Waals surface area contributed by atoms with Gasteiger partial charge in [0.25, 0.3) is 5.91 Å². The third-order valence-electron chi connectivity index (χ3n) is 5.36. The van der Waals surface area contributed by atoms with Crippen LogP contribution in [0.5, 0.6) is 5.75 Å². The van der Waals surface area contributed by atoms with Crippen LogP contribution in [0.15, 0.2) is 34.9 Å². The molecule has 3 aromatic rings. The Bertz CT molecular complexity index is 1110. The Hall–Kier alpha value is -3.46. The summed E-state index contributed by atoms with van der Waals surface area (Å²) in [6.07, 6.45) is 1.39. The van der Waals surface area contributed by atoms with Crippen molar-refractivity contribution in [3.05, 3.63) is 53.5 Å². The molecule has 0 aliphatic carbocycles. The molecule has 168 valence electrons. The molecule has 1 atom stereocenters. The van der Waals surface area contributed by atoms with Gasteiger partial charge >= 0.3 is 0 Å². The molecular weight excluding hydrogens is 410 g/mol. The number of nitrogens with zero attached hydrogens (tertiary/aromatic N) is 5. The lowest BCUT2D eigenvalue weighted by atomic mass is 10.0. The zero-order valence-corrected chi connectivity index (χ0v) is 19.0. The monoisotopic (exact) mass is 437 g/mol.